The molecule has 0 fully saturated rings. The van der Waals surface area contributed by atoms with E-state index in [4.69, 9.17) is 0 Å². The topological polar surface area (TPSA) is 46.2 Å². The molecule has 0 spiro atoms. The van der Waals surface area contributed by atoms with Gasteiger partial charge in [0.1, 0.15) is 5.25 Å². The first kappa shape index (κ1) is 11.6. The van der Waals surface area contributed by atoms with E-state index in [1.165, 1.54) is 12.6 Å². The van der Waals surface area contributed by atoms with Crippen LogP contribution in [0.4, 0.5) is 0 Å². The maximum atomic E-state index is 12.0. The quantitative estimate of drug-likeness (QED) is 0.802. The summed E-state index contributed by atoms with van der Waals surface area (Å²) < 4.78 is 26.4. The molecule has 0 radical (unpaired) electrons. The van der Waals surface area contributed by atoms with Gasteiger partial charge in [0.2, 0.25) is 10.0 Å². The molecule has 0 aliphatic heterocycles. The van der Waals surface area contributed by atoms with Crippen LogP contribution in [0, 0.1) is 0 Å². The summed E-state index contributed by atoms with van der Waals surface area (Å²) in [5.74, 6) is 0. The fraction of sp³-hybridized carbons (Fsp3) is 0.500. The molecule has 1 atom stereocenters. The Hall–Kier alpha value is -0.870. The van der Waals surface area contributed by atoms with Crippen LogP contribution in [0.3, 0.4) is 0 Å². The highest BCUT2D eigenvalue weighted by Gasteiger charge is 2.28. The second-order valence-electron chi connectivity index (χ2n) is 4.18. The Bertz CT molecular complexity index is 468. The second-order valence-corrected chi connectivity index (χ2v) is 6.25. The molecular formula is C12H17NO2S. The van der Waals surface area contributed by atoms with Crippen molar-refractivity contribution in [2.75, 3.05) is 7.05 Å². The minimum Gasteiger partial charge on any atom is -0.218 e. The Balaban J connectivity index is 2.48. The smallest absolute Gasteiger partial charge is 0.218 e. The summed E-state index contributed by atoms with van der Waals surface area (Å²) >= 11 is 0. The van der Waals surface area contributed by atoms with Gasteiger partial charge >= 0.3 is 0 Å². The van der Waals surface area contributed by atoms with Crippen LogP contribution in [-0.4, -0.2) is 15.5 Å². The number of hydrogen-bond donors (Lipinski definition) is 1. The van der Waals surface area contributed by atoms with E-state index in [2.05, 4.69) is 4.72 Å². The monoisotopic (exact) mass is 239 g/mol. The maximum absolute atomic E-state index is 12.0. The summed E-state index contributed by atoms with van der Waals surface area (Å²) in [5, 5.41) is -0.379. The Morgan fingerprint density at radius 2 is 2.00 bits per heavy atom. The molecule has 88 valence electrons. The van der Waals surface area contributed by atoms with Gasteiger partial charge in [-0.05, 0) is 37.4 Å². The summed E-state index contributed by atoms with van der Waals surface area (Å²) in [6.07, 6.45) is 3.76. The molecule has 3 nitrogen and oxygen atoms in total. The molecule has 0 saturated carbocycles. The van der Waals surface area contributed by atoms with Crippen molar-refractivity contribution < 1.29 is 8.42 Å². The molecule has 16 heavy (non-hydrogen) atoms. The highest BCUT2D eigenvalue weighted by atomic mass is 32.2. The van der Waals surface area contributed by atoms with Gasteiger partial charge in [0, 0.05) is 0 Å². The Morgan fingerprint density at radius 1 is 1.25 bits per heavy atom. The largest absolute Gasteiger partial charge is 0.218 e. The van der Waals surface area contributed by atoms with Crippen molar-refractivity contribution in [1.82, 2.24) is 4.72 Å². The number of aryl methyl sites for hydroxylation is 1. The number of sulfonamides is 1. The van der Waals surface area contributed by atoms with Crippen LogP contribution < -0.4 is 4.72 Å². The van der Waals surface area contributed by atoms with Crippen LogP contribution in [0.1, 0.15) is 35.6 Å². The molecule has 1 N–H and O–H groups in total. The number of hydrogen-bond acceptors (Lipinski definition) is 2. The predicted octanol–water partition coefficient (Wildman–Crippen LogP) is 2.00. The van der Waals surface area contributed by atoms with Gasteiger partial charge in [0.15, 0.2) is 0 Å². The van der Waals surface area contributed by atoms with Crippen LogP contribution in [0.25, 0.3) is 0 Å². The zero-order chi connectivity index (χ0) is 11.6. The number of benzene rings is 1. The highest BCUT2D eigenvalue weighted by molar-refractivity contribution is 7.89. The van der Waals surface area contributed by atoms with E-state index < -0.39 is 10.0 Å². The zero-order valence-electron chi connectivity index (χ0n) is 9.44. The molecule has 1 unspecified atom stereocenters. The lowest BCUT2D eigenvalue weighted by Crippen LogP contribution is -2.26. The van der Waals surface area contributed by atoms with Crippen LogP contribution in [0.2, 0.25) is 0 Å². The lowest BCUT2D eigenvalue weighted by atomic mass is 10.0. The zero-order valence-corrected chi connectivity index (χ0v) is 10.3. The van der Waals surface area contributed by atoms with Crippen molar-refractivity contribution in [2.45, 2.75) is 30.9 Å². The van der Waals surface area contributed by atoms with Crippen molar-refractivity contribution in [2.24, 2.45) is 0 Å². The van der Waals surface area contributed by atoms with Crippen LogP contribution in [0.5, 0.6) is 0 Å². The minimum atomic E-state index is -3.21. The first-order valence-electron chi connectivity index (χ1n) is 5.65. The Labute approximate surface area is 96.9 Å². The highest BCUT2D eigenvalue weighted by Crippen LogP contribution is 2.33. The number of rotatable bonds is 2. The van der Waals surface area contributed by atoms with E-state index in [1.807, 2.05) is 24.3 Å². The standard InChI is InChI=1S/C12H17NO2S/c1-13-16(14,15)12-9-5-3-7-10-6-2-4-8-11(10)12/h2,4,6,8,12-13H,3,5,7,9H2,1H3. The van der Waals surface area contributed by atoms with Crippen molar-refractivity contribution in [3.8, 4) is 0 Å². The van der Waals surface area contributed by atoms with E-state index in [9.17, 15) is 8.42 Å². The lowest BCUT2D eigenvalue weighted by Gasteiger charge is -2.17. The van der Waals surface area contributed by atoms with Crippen molar-refractivity contribution in [3.05, 3.63) is 35.4 Å². The molecule has 2 rings (SSSR count). The molecule has 0 saturated heterocycles. The van der Waals surface area contributed by atoms with Gasteiger partial charge in [-0.1, -0.05) is 30.7 Å². The summed E-state index contributed by atoms with van der Waals surface area (Å²) in [5.41, 5.74) is 2.16. The summed E-state index contributed by atoms with van der Waals surface area (Å²) in [6, 6.07) is 7.88. The minimum absolute atomic E-state index is 0.379. The lowest BCUT2D eigenvalue weighted by molar-refractivity contribution is 0.563. The van der Waals surface area contributed by atoms with Gasteiger partial charge in [0.25, 0.3) is 0 Å². The van der Waals surface area contributed by atoms with Gasteiger partial charge in [-0.2, -0.15) is 0 Å². The molecule has 0 aromatic heterocycles. The third-order valence-corrected chi connectivity index (χ3v) is 5.03. The van der Waals surface area contributed by atoms with E-state index in [-0.39, 0.29) is 5.25 Å². The molecular weight excluding hydrogens is 222 g/mol. The molecule has 0 amide bonds. The van der Waals surface area contributed by atoms with Crippen LogP contribution in [-0.2, 0) is 16.4 Å². The van der Waals surface area contributed by atoms with E-state index in [0.29, 0.717) is 0 Å². The third-order valence-electron chi connectivity index (χ3n) is 3.22. The van der Waals surface area contributed by atoms with Crippen molar-refractivity contribution >= 4 is 10.0 Å². The van der Waals surface area contributed by atoms with Gasteiger partial charge < -0.3 is 0 Å². The molecule has 1 aromatic carbocycles. The number of nitrogens with one attached hydrogen (secondary N) is 1. The van der Waals surface area contributed by atoms with E-state index >= 15 is 0 Å². The van der Waals surface area contributed by atoms with Crippen molar-refractivity contribution in [1.29, 1.82) is 0 Å². The fourth-order valence-corrected chi connectivity index (χ4v) is 3.67. The average molecular weight is 239 g/mol. The van der Waals surface area contributed by atoms with Gasteiger partial charge in [-0.3, -0.25) is 0 Å². The van der Waals surface area contributed by atoms with Crippen LogP contribution in [0.15, 0.2) is 24.3 Å². The SMILES string of the molecule is CNS(=O)(=O)C1CCCCc2ccccc21. The predicted molar refractivity (Wildman–Crippen MR) is 64.7 cm³/mol. The Morgan fingerprint density at radius 3 is 2.75 bits per heavy atom. The van der Waals surface area contributed by atoms with E-state index in [0.717, 1.165) is 31.2 Å². The summed E-state index contributed by atoms with van der Waals surface area (Å²) in [7, 11) is -1.72. The Kier molecular flexibility index (Phi) is 3.30. The van der Waals surface area contributed by atoms with Crippen LogP contribution >= 0.6 is 0 Å². The van der Waals surface area contributed by atoms with E-state index in [1.54, 1.807) is 0 Å². The molecule has 1 aliphatic rings. The first-order chi connectivity index (χ1) is 7.65. The maximum Gasteiger partial charge on any atom is 0.218 e. The third kappa shape index (κ3) is 2.13. The van der Waals surface area contributed by atoms with Gasteiger partial charge in [0.05, 0.1) is 0 Å². The molecule has 0 heterocycles. The summed E-state index contributed by atoms with van der Waals surface area (Å²) in [6.45, 7) is 0. The normalized spacial score (nSPS) is 21.2. The van der Waals surface area contributed by atoms with Gasteiger partial charge in [-0.25, -0.2) is 13.1 Å². The fourth-order valence-electron chi connectivity index (χ4n) is 2.34. The summed E-state index contributed by atoms with van der Waals surface area (Å²) in [4.78, 5) is 0. The first-order valence-corrected chi connectivity index (χ1v) is 7.20. The molecule has 4 heteroatoms. The molecule has 1 aliphatic carbocycles. The average Bonchev–Trinajstić information content (AvgIpc) is 2.51. The number of fused-ring (bicyclic) bond motifs is 1. The molecule has 0 bridgehead atoms. The van der Waals surface area contributed by atoms with Gasteiger partial charge in [-0.15, -0.1) is 0 Å². The van der Waals surface area contributed by atoms with Crippen molar-refractivity contribution in [3.63, 3.8) is 0 Å². The molecule has 1 aromatic rings. The second kappa shape index (κ2) is 4.55.